The Morgan fingerprint density at radius 1 is 1.25 bits per heavy atom. The fraction of sp³-hybridized carbons (Fsp3) is 0.250. The first-order chi connectivity index (χ1) is 9.61. The third-order valence-corrected chi connectivity index (χ3v) is 4.07. The number of hydrogen-bond acceptors (Lipinski definition) is 2. The molecule has 0 saturated heterocycles. The minimum Gasteiger partial charge on any atom is -0.494 e. The number of aliphatic hydroxyl groups excluding tert-OH is 1. The normalized spacial score (nSPS) is 12.2. The maximum atomic E-state index is 10.4. The van der Waals surface area contributed by atoms with Crippen LogP contribution in [0, 0.1) is 0 Å². The zero-order valence-corrected chi connectivity index (χ0v) is 13.5. The highest BCUT2D eigenvalue weighted by Crippen LogP contribution is 2.31. The van der Waals surface area contributed by atoms with E-state index in [1.807, 2.05) is 49.4 Å². The van der Waals surface area contributed by atoms with Crippen molar-refractivity contribution in [3.8, 4) is 5.75 Å². The van der Waals surface area contributed by atoms with Gasteiger partial charge in [0.05, 0.1) is 12.7 Å². The third kappa shape index (κ3) is 3.75. The van der Waals surface area contributed by atoms with Crippen molar-refractivity contribution in [2.75, 3.05) is 6.61 Å². The van der Waals surface area contributed by atoms with Gasteiger partial charge in [-0.05, 0) is 36.2 Å². The van der Waals surface area contributed by atoms with E-state index in [0.29, 0.717) is 18.1 Å². The fourth-order valence-electron chi connectivity index (χ4n) is 2.02. The smallest absolute Gasteiger partial charge is 0.120 e. The molecule has 0 bridgehead atoms. The number of benzene rings is 2. The Bertz CT molecular complexity index is 586. The van der Waals surface area contributed by atoms with Gasteiger partial charge in [0.25, 0.3) is 0 Å². The van der Waals surface area contributed by atoms with Crippen molar-refractivity contribution in [3.05, 3.63) is 63.1 Å². The Hall–Kier alpha value is -1.03. The molecule has 4 heteroatoms. The zero-order valence-electron chi connectivity index (χ0n) is 11.1. The van der Waals surface area contributed by atoms with Crippen LogP contribution >= 0.6 is 27.5 Å². The van der Waals surface area contributed by atoms with Gasteiger partial charge in [-0.3, -0.25) is 0 Å². The third-order valence-electron chi connectivity index (χ3n) is 3.01. The lowest BCUT2D eigenvalue weighted by molar-refractivity contribution is 0.177. The highest BCUT2D eigenvalue weighted by molar-refractivity contribution is 9.10. The molecule has 0 radical (unpaired) electrons. The SMILES string of the molecule is CCOc1ccc(C(O)Cc2ccccc2Cl)c(Br)c1. The summed E-state index contributed by atoms with van der Waals surface area (Å²) in [6.07, 6.45) is -0.133. The first kappa shape index (κ1) is 15.4. The molecule has 0 aliphatic rings. The molecule has 0 aliphatic carbocycles. The van der Waals surface area contributed by atoms with Gasteiger partial charge < -0.3 is 9.84 Å². The van der Waals surface area contributed by atoms with Crippen LogP contribution in [0.25, 0.3) is 0 Å². The zero-order chi connectivity index (χ0) is 14.5. The molecule has 2 aromatic rings. The highest BCUT2D eigenvalue weighted by atomic mass is 79.9. The maximum absolute atomic E-state index is 10.4. The van der Waals surface area contributed by atoms with E-state index in [2.05, 4.69) is 15.9 Å². The predicted octanol–water partition coefficient (Wildman–Crippen LogP) is 4.78. The molecule has 0 aromatic heterocycles. The molecule has 2 rings (SSSR count). The lowest BCUT2D eigenvalue weighted by Crippen LogP contribution is -2.03. The van der Waals surface area contributed by atoms with Gasteiger partial charge in [-0.2, -0.15) is 0 Å². The van der Waals surface area contributed by atoms with Crippen LogP contribution in [0.3, 0.4) is 0 Å². The molecule has 1 atom stereocenters. The molecule has 0 aliphatic heterocycles. The molecule has 20 heavy (non-hydrogen) atoms. The number of aliphatic hydroxyl groups is 1. The molecule has 2 nitrogen and oxygen atoms in total. The lowest BCUT2D eigenvalue weighted by Gasteiger charge is -2.15. The van der Waals surface area contributed by atoms with Crippen molar-refractivity contribution < 1.29 is 9.84 Å². The Labute approximate surface area is 132 Å². The van der Waals surface area contributed by atoms with Crippen LogP contribution in [0.5, 0.6) is 5.75 Å². The average molecular weight is 356 g/mol. The average Bonchev–Trinajstić information content (AvgIpc) is 2.42. The molecule has 0 saturated carbocycles. The molecule has 106 valence electrons. The Balaban J connectivity index is 2.17. The largest absolute Gasteiger partial charge is 0.494 e. The minimum absolute atomic E-state index is 0.478. The van der Waals surface area contributed by atoms with Crippen LogP contribution in [0.15, 0.2) is 46.9 Å². The predicted molar refractivity (Wildman–Crippen MR) is 85.4 cm³/mol. The Morgan fingerprint density at radius 2 is 2.00 bits per heavy atom. The topological polar surface area (TPSA) is 29.5 Å². The summed E-state index contributed by atoms with van der Waals surface area (Å²) < 4.78 is 6.26. The summed E-state index contributed by atoms with van der Waals surface area (Å²) in [5, 5.41) is 11.0. The van der Waals surface area contributed by atoms with Gasteiger partial charge in [0.1, 0.15) is 5.75 Å². The number of halogens is 2. The summed E-state index contributed by atoms with van der Waals surface area (Å²) in [5.74, 6) is 0.785. The van der Waals surface area contributed by atoms with Crippen LogP contribution in [0.2, 0.25) is 5.02 Å². The second-order valence-electron chi connectivity index (χ2n) is 4.43. The quantitative estimate of drug-likeness (QED) is 0.836. The number of rotatable bonds is 5. The summed E-state index contributed by atoms with van der Waals surface area (Å²) in [5.41, 5.74) is 1.76. The van der Waals surface area contributed by atoms with Gasteiger partial charge in [0, 0.05) is 15.9 Å². The van der Waals surface area contributed by atoms with E-state index in [1.54, 1.807) is 0 Å². The summed E-state index contributed by atoms with van der Waals surface area (Å²) >= 11 is 9.60. The first-order valence-corrected chi connectivity index (χ1v) is 7.62. The van der Waals surface area contributed by atoms with E-state index in [9.17, 15) is 5.11 Å². The van der Waals surface area contributed by atoms with Gasteiger partial charge in [0.15, 0.2) is 0 Å². The lowest BCUT2D eigenvalue weighted by atomic mass is 10.0. The molecule has 2 aromatic carbocycles. The van der Waals surface area contributed by atoms with Crippen molar-refractivity contribution in [1.29, 1.82) is 0 Å². The van der Waals surface area contributed by atoms with Gasteiger partial charge >= 0.3 is 0 Å². The highest BCUT2D eigenvalue weighted by Gasteiger charge is 2.14. The summed E-state index contributed by atoms with van der Waals surface area (Å²) in [6.45, 7) is 2.56. The molecule has 0 spiro atoms. The first-order valence-electron chi connectivity index (χ1n) is 6.45. The van der Waals surface area contributed by atoms with E-state index in [4.69, 9.17) is 16.3 Å². The van der Waals surface area contributed by atoms with E-state index in [1.165, 1.54) is 0 Å². The Kier molecular flexibility index (Phi) is 5.46. The van der Waals surface area contributed by atoms with E-state index >= 15 is 0 Å². The van der Waals surface area contributed by atoms with Crippen LogP contribution in [-0.4, -0.2) is 11.7 Å². The standard InChI is InChI=1S/C16H16BrClO2/c1-2-20-12-7-8-13(14(17)10-12)16(19)9-11-5-3-4-6-15(11)18/h3-8,10,16,19H,2,9H2,1H3. The van der Waals surface area contributed by atoms with Crippen molar-refractivity contribution in [1.82, 2.24) is 0 Å². The number of ether oxygens (including phenoxy) is 1. The van der Waals surface area contributed by atoms with Crippen LogP contribution in [-0.2, 0) is 6.42 Å². The fourth-order valence-corrected chi connectivity index (χ4v) is 2.85. The van der Waals surface area contributed by atoms with E-state index in [0.717, 1.165) is 21.3 Å². The molecular formula is C16H16BrClO2. The Morgan fingerprint density at radius 3 is 2.65 bits per heavy atom. The van der Waals surface area contributed by atoms with Crippen molar-refractivity contribution >= 4 is 27.5 Å². The molecule has 0 heterocycles. The van der Waals surface area contributed by atoms with Crippen molar-refractivity contribution in [2.45, 2.75) is 19.4 Å². The van der Waals surface area contributed by atoms with Gasteiger partial charge in [-0.15, -0.1) is 0 Å². The molecule has 1 unspecified atom stereocenters. The molecule has 1 N–H and O–H groups in total. The van der Waals surface area contributed by atoms with E-state index < -0.39 is 6.10 Å². The maximum Gasteiger partial charge on any atom is 0.120 e. The van der Waals surface area contributed by atoms with E-state index in [-0.39, 0.29) is 0 Å². The molecule has 0 fully saturated rings. The van der Waals surface area contributed by atoms with Crippen LogP contribution in [0.4, 0.5) is 0 Å². The second-order valence-corrected chi connectivity index (χ2v) is 5.69. The number of hydrogen-bond donors (Lipinski definition) is 1. The van der Waals surface area contributed by atoms with Gasteiger partial charge in [-0.1, -0.05) is 51.8 Å². The van der Waals surface area contributed by atoms with Crippen LogP contribution < -0.4 is 4.74 Å². The van der Waals surface area contributed by atoms with Gasteiger partial charge in [0.2, 0.25) is 0 Å². The van der Waals surface area contributed by atoms with Crippen LogP contribution in [0.1, 0.15) is 24.2 Å². The molecule has 0 amide bonds. The monoisotopic (exact) mass is 354 g/mol. The van der Waals surface area contributed by atoms with Crippen molar-refractivity contribution in [3.63, 3.8) is 0 Å². The van der Waals surface area contributed by atoms with Crippen molar-refractivity contribution in [2.24, 2.45) is 0 Å². The minimum atomic E-state index is -0.611. The second kappa shape index (κ2) is 7.11. The summed E-state index contributed by atoms with van der Waals surface area (Å²) in [7, 11) is 0. The summed E-state index contributed by atoms with van der Waals surface area (Å²) in [6, 6.07) is 13.2. The summed E-state index contributed by atoms with van der Waals surface area (Å²) in [4.78, 5) is 0. The van der Waals surface area contributed by atoms with Gasteiger partial charge in [-0.25, -0.2) is 0 Å². The molecular weight excluding hydrogens is 340 g/mol.